The van der Waals surface area contributed by atoms with Crippen LogP contribution in [0.4, 0.5) is 0 Å². The third-order valence-electron chi connectivity index (χ3n) is 4.09. The Morgan fingerprint density at radius 2 is 1.88 bits per heavy atom. The predicted molar refractivity (Wildman–Crippen MR) is 98.5 cm³/mol. The van der Waals surface area contributed by atoms with Gasteiger partial charge in [0.2, 0.25) is 0 Å². The van der Waals surface area contributed by atoms with Crippen molar-refractivity contribution in [2.45, 2.75) is 33.4 Å². The lowest BCUT2D eigenvalue weighted by Gasteiger charge is -2.25. The van der Waals surface area contributed by atoms with Gasteiger partial charge in [0.25, 0.3) is 5.91 Å². The van der Waals surface area contributed by atoms with Gasteiger partial charge in [-0.1, -0.05) is 29.8 Å². The highest BCUT2D eigenvalue weighted by atomic mass is 16.5. The molecule has 5 heteroatoms. The summed E-state index contributed by atoms with van der Waals surface area (Å²) in [4.78, 5) is 22.2. The maximum absolute atomic E-state index is 12.6. The van der Waals surface area contributed by atoms with Gasteiger partial charge in [-0.3, -0.25) is 4.79 Å². The largest absolute Gasteiger partial charge is 0.484 e. The third kappa shape index (κ3) is 4.18. The Bertz CT molecular complexity index is 820. The molecule has 130 valence electrons. The smallest absolute Gasteiger partial charge is 0.261 e. The molecule has 1 heterocycles. The lowest BCUT2D eigenvalue weighted by atomic mass is 10.2. The summed E-state index contributed by atoms with van der Waals surface area (Å²) >= 11 is 0. The van der Waals surface area contributed by atoms with Crippen LogP contribution in [0.15, 0.2) is 48.5 Å². The van der Waals surface area contributed by atoms with E-state index in [1.54, 1.807) is 4.90 Å². The molecule has 0 unspecified atom stereocenters. The Balaban J connectivity index is 1.67. The Hall–Kier alpha value is -2.82. The van der Waals surface area contributed by atoms with Crippen molar-refractivity contribution in [3.05, 3.63) is 59.9 Å². The number of rotatable bonds is 6. The summed E-state index contributed by atoms with van der Waals surface area (Å²) in [6.07, 6.45) is 0. The van der Waals surface area contributed by atoms with Gasteiger partial charge in [-0.25, -0.2) is 4.98 Å². The average molecular weight is 337 g/mol. The number of nitrogens with zero attached hydrogens (tertiary/aromatic N) is 2. The second kappa shape index (κ2) is 7.38. The van der Waals surface area contributed by atoms with Crippen molar-refractivity contribution < 1.29 is 9.53 Å². The van der Waals surface area contributed by atoms with Crippen LogP contribution in [0.1, 0.15) is 25.2 Å². The standard InChI is InChI=1S/C20H23N3O2/c1-14(2)23(12-19-21-17-6-4-5-7-18(17)22-19)20(24)13-25-16-10-8-15(3)9-11-16/h4-11,14H,12-13H2,1-3H3,(H,21,22). The molecule has 3 aromatic rings. The minimum absolute atomic E-state index is 0.0153. The van der Waals surface area contributed by atoms with E-state index < -0.39 is 0 Å². The first-order valence-electron chi connectivity index (χ1n) is 8.45. The molecule has 3 rings (SSSR count). The van der Waals surface area contributed by atoms with Crippen molar-refractivity contribution in [3.63, 3.8) is 0 Å². The number of para-hydroxylation sites is 2. The van der Waals surface area contributed by atoms with Crippen LogP contribution in [-0.2, 0) is 11.3 Å². The number of H-pyrrole nitrogens is 1. The van der Waals surface area contributed by atoms with E-state index >= 15 is 0 Å². The van der Waals surface area contributed by atoms with E-state index in [2.05, 4.69) is 9.97 Å². The molecular formula is C20H23N3O2. The van der Waals surface area contributed by atoms with Gasteiger partial charge >= 0.3 is 0 Å². The van der Waals surface area contributed by atoms with E-state index in [1.165, 1.54) is 0 Å². The second-order valence-corrected chi connectivity index (χ2v) is 6.42. The van der Waals surface area contributed by atoms with Crippen LogP contribution in [0.5, 0.6) is 5.75 Å². The van der Waals surface area contributed by atoms with E-state index in [0.29, 0.717) is 12.3 Å². The van der Waals surface area contributed by atoms with Crippen molar-refractivity contribution in [1.82, 2.24) is 14.9 Å². The van der Waals surface area contributed by atoms with Gasteiger partial charge < -0.3 is 14.6 Å². The molecule has 1 amide bonds. The van der Waals surface area contributed by atoms with Gasteiger partial charge in [0.15, 0.2) is 6.61 Å². The monoisotopic (exact) mass is 337 g/mol. The molecule has 0 aliphatic carbocycles. The zero-order valence-electron chi connectivity index (χ0n) is 14.8. The minimum Gasteiger partial charge on any atom is -0.484 e. The van der Waals surface area contributed by atoms with Crippen LogP contribution < -0.4 is 4.74 Å². The van der Waals surface area contributed by atoms with E-state index in [-0.39, 0.29) is 18.6 Å². The van der Waals surface area contributed by atoms with Gasteiger partial charge in [-0.15, -0.1) is 0 Å². The first-order valence-corrected chi connectivity index (χ1v) is 8.45. The number of aromatic nitrogens is 2. The lowest BCUT2D eigenvalue weighted by Crippen LogP contribution is -2.39. The number of aryl methyl sites for hydroxylation is 1. The Morgan fingerprint density at radius 3 is 2.56 bits per heavy atom. The molecule has 1 aromatic heterocycles. The van der Waals surface area contributed by atoms with Gasteiger partial charge in [0.1, 0.15) is 11.6 Å². The number of fused-ring (bicyclic) bond motifs is 1. The van der Waals surface area contributed by atoms with Crippen molar-refractivity contribution in [1.29, 1.82) is 0 Å². The fourth-order valence-electron chi connectivity index (χ4n) is 2.66. The third-order valence-corrected chi connectivity index (χ3v) is 4.09. The molecule has 0 atom stereocenters. The van der Waals surface area contributed by atoms with Gasteiger partial charge in [0.05, 0.1) is 17.6 Å². The molecule has 0 aliphatic rings. The number of benzene rings is 2. The highest BCUT2D eigenvalue weighted by Crippen LogP contribution is 2.15. The molecule has 0 fully saturated rings. The summed E-state index contributed by atoms with van der Waals surface area (Å²) < 4.78 is 5.63. The summed E-state index contributed by atoms with van der Waals surface area (Å²) in [5.41, 5.74) is 3.04. The molecule has 2 aromatic carbocycles. The number of nitrogens with one attached hydrogen (secondary N) is 1. The summed E-state index contributed by atoms with van der Waals surface area (Å²) in [6, 6.07) is 15.6. The molecule has 5 nitrogen and oxygen atoms in total. The normalized spacial score (nSPS) is 11.0. The summed E-state index contributed by atoms with van der Waals surface area (Å²) in [7, 11) is 0. The predicted octanol–water partition coefficient (Wildman–Crippen LogP) is 3.69. The number of imidazole rings is 1. The number of hydrogen-bond acceptors (Lipinski definition) is 3. The quantitative estimate of drug-likeness (QED) is 0.746. The summed E-state index contributed by atoms with van der Waals surface area (Å²) in [5.74, 6) is 1.42. The Kier molecular flexibility index (Phi) is 5.03. The van der Waals surface area contributed by atoms with Gasteiger partial charge in [-0.2, -0.15) is 0 Å². The number of aromatic amines is 1. The maximum atomic E-state index is 12.6. The van der Waals surface area contributed by atoms with Crippen LogP contribution in [0.2, 0.25) is 0 Å². The molecule has 0 saturated heterocycles. The molecular weight excluding hydrogens is 314 g/mol. The lowest BCUT2D eigenvalue weighted by molar-refractivity contribution is -0.135. The number of carbonyl (C=O) groups excluding carboxylic acids is 1. The van der Waals surface area contributed by atoms with Gasteiger partial charge in [0, 0.05) is 6.04 Å². The summed E-state index contributed by atoms with van der Waals surface area (Å²) in [6.45, 7) is 6.45. The highest BCUT2D eigenvalue weighted by molar-refractivity contribution is 5.78. The van der Waals surface area contributed by atoms with E-state index in [0.717, 1.165) is 22.4 Å². The van der Waals surface area contributed by atoms with Crippen molar-refractivity contribution in [3.8, 4) is 5.75 Å². The SMILES string of the molecule is Cc1ccc(OCC(=O)N(Cc2nc3ccccc3[nH]2)C(C)C)cc1. The van der Waals surface area contributed by atoms with Crippen LogP contribution in [-0.4, -0.2) is 33.4 Å². The van der Waals surface area contributed by atoms with Gasteiger partial charge in [-0.05, 0) is 45.0 Å². The van der Waals surface area contributed by atoms with E-state index in [4.69, 9.17) is 4.74 Å². The molecule has 0 spiro atoms. The second-order valence-electron chi connectivity index (χ2n) is 6.42. The van der Waals surface area contributed by atoms with Crippen LogP contribution >= 0.6 is 0 Å². The molecule has 1 N–H and O–H groups in total. The van der Waals surface area contributed by atoms with Crippen molar-refractivity contribution >= 4 is 16.9 Å². The Morgan fingerprint density at radius 1 is 1.16 bits per heavy atom. The first-order chi connectivity index (χ1) is 12.0. The summed E-state index contributed by atoms with van der Waals surface area (Å²) in [5, 5.41) is 0. The number of ether oxygens (including phenoxy) is 1. The van der Waals surface area contributed by atoms with Crippen LogP contribution in [0, 0.1) is 6.92 Å². The van der Waals surface area contributed by atoms with Crippen LogP contribution in [0.3, 0.4) is 0 Å². The average Bonchev–Trinajstić information content (AvgIpc) is 3.01. The topological polar surface area (TPSA) is 58.2 Å². The fourth-order valence-corrected chi connectivity index (χ4v) is 2.66. The van der Waals surface area contributed by atoms with Crippen LogP contribution in [0.25, 0.3) is 11.0 Å². The van der Waals surface area contributed by atoms with E-state index in [9.17, 15) is 4.79 Å². The zero-order valence-corrected chi connectivity index (χ0v) is 14.8. The zero-order chi connectivity index (χ0) is 17.8. The number of hydrogen-bond donors (Lipinski definition) is 1. The molecule has 0 bridgehead atoms. The molecule has 25 heavy (non-hydrogen) atoms. The minimum atomic E-state index is -0.0592. The molecule has 0 aliphatic heterocycles. The van der Waals surface area contributed by atoms with Crippen molar-refractivity contribution in [2.24, 2.45) is 0 Å². The van der Waals surface area contributed by atoms with E-state index in [1.807, 2.05) is 69.3 Å². The molecule has 0 radical (unpaired) electrons. The number of amides is 1. The van der Waals surface area contributed by atoms with Crippen molar-refractivity contribution in [2.75, 3.05) is 6.61 Å². The highest BCUT2D eigenvalue weighted by Gasteiger charge is 2.19. The molecule has 0 saturated carbocycles. The maximum Gasteiger partial charge on any atom is 0.261 e. The number of carbonyl (C=O) groups is 1. The first kappa shape index (κ1) is 17.0. The fraction of sp³-hybridized carbons (Fsp3) is 0.300. The Labute approximate surface area is 147 Å².